The molecule has 0 aromatic carbocycles. The summed E-state index contributed by atoms with van der Waals surface area (Å²) in [6, 6.07) is 0.609. The van der Waals surface area contributed by atoms with E-state index in [1.807, 2.05) is 7.05 Å². The number of primary amides is 1. The Hall–Kier alpha value is -1.30. The molecule has 0 spiro atoms. The van der Waals surface area contributed by atoms with Crippen LogP contribution in [0.3, 0.4) is 0 Å². The Bertz CT molecular complexity index is 390. The molecule has 1 heterocycles. The van der Waals surface area contributed by atoms with Gasteiger partial charge in [0.25, 0.3) is 0 Å². The highest BCUT2D eigenvalue weighted by Crippen LogP contribution is 2.28. The van der Waals surface area contributed by atoms with Crippen molar-refractivity contribution in [3.05, 3.63) is 0 Å². The lowest BCUT2D eigenvalue weighted by Crippen LogP contribution is -2.40. The Morgan fingerprint density at radius 2 is 2.00 bits per heavy atom. The molecule has 2 atom stereocenters. The Kier molecular flexibility index (Phi) is 6.49. The molecule has 1 aliphatic carbocycles. The lowest BCUT2D eigenvalue weighted by Gasteiger charge is -2.30. The quantitative estimate of drug-likeness (QED) is 0.364. The number of amides is 1. The summed E-state index contributed by atoms with van der Waals surface area (Å²) in [6.45, 7) is 6.33. The second-order valence-electron chi connectivity index (χ2n) is 6.69. The smallest absolute Gasteiger partial charge is 0.220 e. The highest BCUT2D eigenvalue weighted by Gasteiger charge is 2.33. The Morgan fingerprint density at radius 1 is 1.32 bits per heavy atom. The normalized spacial score (nSPS) is 26.7. The first-order valence-electron chi connectivity index (χ1n) is 8.59. The minimum atomic E-state index is -0.132. The largest absolute Gasteiger partial charge is 0.369 e. The summed E-state index contributed by atoms with van der Waals surface area (Å²) < 4.78 is 0. The summed E-state index contributed by atoms with van der Waals surface area (Å²) in [5.74, 6) is 1.67. The van der Waals surface area contributed by atoms with E-state index in [1.165, 1.54) is 12.8 Å². The number of likely N-dealkylation sites (tertiary alicyclic amines) is 1. The minimum Gasteiger partial charge on any atom is -0.369 e. The fourth-order valence-corrected chi connectivity index (χ4v) is 3.00. The molecule has 1 saturated carbocycles. The van der Waals surface area contributed by atoms with Crippen molar-refractivity contribution in [1.29, 1.82) is 0 Å². The Morgan fingerprint density at radius 3 is 2.55 bits per heavy atom. The molecule has 126 valence electrons. The molecular formula is C16H31N5O. The van der Waals surface area contributed by atoms with Crippen LogP contribution in [0.4, 0.5) is 0 Å². The van der Waals surface area contributed by atoms with Crippen molar-refractivity contribution in [1.82, 2.24) is 15.5 Å². The number of nitrogens with zero attached hydrogens (tertiary/aromatic N) is 2. The predicted molar refractivity (Wildman–Crippen MR) is 89.7 cm³/mol. The highest BCUT2D eigenvalue weighted by molar-refractivity contribution is 5.80. The Labute approximate surface area is 133 Å². The van der Waals surface area contributed by atoms with Gasteiger partial charge in [0, 0.05) is 25.6 Å². The van der Waals surface area contributed by atoms with E-state index < -0.39 is 0 Å². The molecule has 4 N–H and O–H groups in total. The molecule has 2 fully saturated rings. The second kappa shape index (κ2) is 8.36. The van der Waals surface area contributed by atoms with Crippen LogP contribution in [0.25, 0.3) is 0 Å². The molecule has 6 heteroatoms. The van der Waals surface area contributed by atoms with Crippen molar-refractivity contribution in [2.24, 2.45) is 22.6 Å². The van der Waals surface area contributed by atoms with E-state index >= 15 is 0 Å². The van der Waals surface area contributed by atoms with E-state index in [2.05, 4.69) is 27.4 Å². The molecule has 2 aliphatic rings. The number of nitrogens with two attached hydrogens (primary N) is 1. The molecule has 0 bridgehead atoms. The van der Waals surface area contributed by atoms with Crippen molar-refractivity contribution < 1.29 is 4.79 Å². The van der Waals surface area contributed by atoms with Crippen molar-refractivity contribution >= 4 is 11.9 Å². The number of carbonyl (C=O) groups is 1. The first kappa shape index (κ1) is 17.1. The topological polar surface area (TPSA) is 82.8 Å². The van der Waals surface area contributed by atoms with Gasteiger partial charge in [-0.1, -0.05) is 6.92 Å². The number of nitrogens with one attached hydrogen (secondary N) is 2. The van der Waals surface area contributed by atoms with Crippen LogP contribution in [0.1, 0.15) is 39.0 Å². The van der Waals surface area contributed by atoms with E-state index in [9.17, 15) is 4.79 Å². The first-order valence-corrected chi connectivity index (χ1v) is 8.59. The summed E-state index contributed by atoms with van der Waals surface area (Å²) >= 11 is 0. The minimum absolute atomic E-state index is 0.0946. The molecule has 1 saturated heterocycles. The SMILES string of the molecule is CN=C(NCCCCN1CCC(C(N)=O)CC1)NC1CC1C. The van der Waals surface area contributed by atoms with Crippen LogP contribution in [-0.4, -0.2) is 56.0 Å². The summed E-state index contributed by atoms with van der Waals surface area (Å²) in [6.07, 6.45) is 5.40. The number of carbonyl (C=O) groups excluding carboxylic acids is 1. The fraction of sp³-hybridized carbons (Fsp3) is 0.875. The zero-order chi connectivity index (χ0) is 15.9. The van der Waals surface area contributed by atoms with Gasteiger partial charge in [-0.15, -0.1) is 0 Å². The van der Waals surface area contributed by atoms with Gasteiger partial charge in [-0.2, -0.15) is 0 Å². The van der Waals surface area contributed by atoms with Gasteiger partial charge >= 0.3 is 0 Å². The maximum atomic E-state index is 11.1. The highest BCUT2D eigenvalue weighted by atomic mass is 16.1. The second-order valence-corrected chi connectivity index (χ2v) is 6.69. The molecular weight excluding hydrogens is 278 g/mol. The van der Waals surface area contributed by atoms with Gasteiger partial charge in [-0.05, 0) is 57.7 Å². The van der Waals surface area contributed by atoms with Crippen LogP contribution in [0.15, 0.2) is 4.99 Å². The molecule has 0 aromatic rings. The van der Waals surface area contributed by atoms with Crippen molar-refractivity contribution in [2.45, 2.75) is 45.1 Å². The van der Waals surface area contributed by atoms with Crippen molar-refractivity contribution in [2.75, 3.05) is 33.2 Å². The average molecular weight is 309 g/mol. The number of unbranched alkanes of at least 4 members (excludes halogenated alkanes) is 1. The van der Waals surface area contributed by atoms with E-state index in [0.29, 0.717) is 6.04 Å². The standard InChI is InChI=1S/C16H31N5O/c1-12-11-14(12)20-16(18-2)19-7-3-4-8-21-9-5-13(6-10-21)15(17)22/h12-14H,3-11H2,1-2H3,(H2,17,22)(H2,18,19,20). The van der Waals surface area contributed by atoms with Gasteiger partial charge in [0.2, 0.25) is 5.91 Å². The summed E-state index contributed by atoms with van der Waals surface area (Å²) in [5.41, 5.74) is 5.36. The number of guanidine groups is 1. The number of hydrogen-bond acceptors (Lipinski definition) is 3. The molecule has 1 amide bonds. The molecule has 2 unspecified atom stereocenters. The Balaban J connectivity index is 1.50. The number of rotatable bonds is 7. The molecule has 1 aliphatic heterocycles. The summed E-state index contributed by atoms with van der Waals surface area (Å²) in [4.78, 5) is 17.8. The van der Waals surface area contributed by atoms with Gasteiger partial charge in [0.15, 0.2) is 5.96 Å². The van der Waals surface area contributed by atoms with E-state index in [1.54, 1.807) is 0 Å². The van der Waals surface area contributed by atoms with Gasteiger partial charge in [0.1, 0.15) is 0 Å². The van der Waals surface area contributed by atoms with Crippen LogP contribution >= 0.6 is 0 Å². The summed E-state index contributed by atoms with van der Waals surface area (Å²) in [7, 11) is 1.82. The number of aliphatic imine (C=N–C) groups is 1. The number of piperidine rings is 1. The lowest BCUT2D eigenvalue weighted by molar-refractivity contribution is -0.123. The molecule has 6 nitrogen and oxygen atoms in total. The lowest BCUT2D eigenvalue weighted by atomic mass is 9.96. The predicted octanol–water partition coefficient (Wildman–Crippen LogP) is 0.537. The van der Waals surface area contributed by atoms with Gasteiger partial charge < -0.3 is 21.3 Å². The van der Waals surface area contributed by atoms with E-state index in [-0.39, 0.29) is 11.8 Å². The van der Waals surface area contributed by atoms with Crippen LogP contribution in [0.2, 0.25) is 0 Å². The molecule has 2 rings (SSSR count). The molecule has 22 heavy (non-hydrogen) atoms. The van der Waals surface area contributed by atoms with Crippen LogP contribution < -0.4 is 16.4 Å². The van der Waals surface area contributed by atoms with E-state index in [4.69, 9.17) is 5.73 Å². The third-order valence-corrected chi connectivity index (χ3v) is 4.84. The zero-order valence-electron chi connectivity index (χ0n) is 14.0. The third kappa shape index (κ3) is 5.48. The number of hydrogen-bond donors (Lipinski definition) is 3. The fourth-order valence-electron chi connectivity index (χ4n) is 3.00. The third-order valence-electron chi connectivity index (χ3n) is 4.84. The van der Waals surface area contributed by atoms with Crippen LogP contribution in [-0.2, 0) is 4.79 Å². The maximum absolute atomic E-state index is 11.1. The monoisotopic (exact) mass is 309 g/mol. The van der Waals surface area contributed by atoms with Crippen molar-refractivity contribution in [3.63, 3.8) is 0 Å². The van der Waals surface area contributed by atoms with E-state index in [0.717, 1.165) is 57.3 Å². The van der Waals surface area contributed by atoms with Gasteiger partial charge in [-0.25, -0.2) is 0 Å². The average Bonchev–Trinajstić information content (AvgIpc) is 3.21. The zero-order valence-corrected chi connectivity index (χ0v) is 14.0. The van der Waals surface area contributed by atoms with Gasteiger partial charge in [0.05, 0.1) is 0 Å². The van der Waals surface area contributed by atoms with Crippen molar-refractivity contribution in [3.8, 4) is 0 Å². The molecule has 0 aromatic heterocycles. The maximum Gasteiger partial charge on any atom is 0.220 e. The van der Waals surface area contributed by atoms with Crippen LogP contribution in [0, 0.1) is 11.8 Å². The molecule has 0 radical (unpaired) electrons. The van der Waals surface area contributed by atoms with Gasteiger partial charge in [-0.3, -0.25) is 9.79 Å². The first-order chi connectivity index (χ1) is 10.6. The summed E-state index contributed by atoms with van der Waals surface area (Å²) in [5, 5.41) is 6.81. The van der Waals surface area contributed by atoms with Crippen LogP contribution in [0.5, 0.6) is 0 Å².